The van der Waals surface area contributed by atoms with Crippen molar-refractivity contribution in [3.05, 3.63) is 35.6 Å². The summed E-state index contributed by atoms with van der Waals surface area (Å²) in [5, 5.41) is 27.3. The number of carbonyl (C=O) groups is 1. The third-order valence-electron chi connectivity index (χ3n) is 6.93. The van der Waals surface area contributed by atoms with E-state index >= 15 is 0 Å². The Morgan fingerprint density at radius 2 is 2.17 bits per heavy atom. The Hall–Kier alpha value is -1.66. The maximum atomic E-state index is 13.3. The highest BCUT2D eigenvalue weighted by atomic mass is 32.2. The Morgan fingerprint density at radius 3 is 2.83 bits per heavy atom. The Morgan fingerprint density at radius 1 is 1.41 bits per heavy atom. The van der Waals surface area contributed by atoms with E-state index in [1.54, 1.807) is 28.8 Å². The lowest BCUT2D eigenvalue weighted by Gasteiger charge is -2.31. The van der Waals surface area contributed by atoms with E-state index in [0.29, 0.717) is 24.5 Å². The molecule has 2 unspecified atom stereocenters. The molecule has 0 bridgehead atoms. The normalized spacial score (nSPS) is 36.2. The number of halogens is 1. The van der Waals surface area contributed by atoms with Gasteiger partial charge in [0.2, 0.25) is 5.91 Å². The predicted molar refractivity (Wildman–Crippen MR) is 109 cm³/mol. The van der Waals surface area contributed by atoms with E-state index in [1.807, 2.05) is 7.05 Å². The Bertz CT molecular complexity index is 816. The molecule has 1 heterocycles. The highest BCUT2D eigenvalue weighted by molar-refractivity contribution is 7.99. The molecule has 1 aliphatic heterocycles. The second-order valence-corrected chi connectivity index (χ2v) is 9.55. The molecule has 0 radical (unpaired) electrons. The summed E-state index contributed by atoms with van der Waals surface area (Å²) in [6, 6.07) is 8.20. The van der Waals surface area contributed by atoms with Gasteiger partial charge in [-0.2, -0.15) is 5.26 Å². The average Bonchev–Trinajstić information content (AvgIpc) is 3.37. The van der Waals surface area contributed by atoms with Crippen molar-refractivity contribution in [3.63, 3.8) is 0 Å². The van der Waals surface area contributed by atoms with Crippen molar-refractivity contribution in [2.24, 2.45) is 5.92 Å². The fourth-order valence-electron chi connectivity index (χ4n) is 5.41. The van der Waals surface area contributed by atoms with Gasteiger partial charge < -0.3 is 20.6 Å². The van der Waals surface area contributed by atoms with Gasteiger partial charge in [0.05, 0.1) is 24.1 Å². The topological polar surface area (TPSA) is 88.4 Å². The smallest absolute Gasteiger partial charge is 0.238 e. The summed E-state index contributed by atoms with van der Waals surface area (Å²) in [5.74, 6) is 1.20. The number of amides is 1. The van der Waals surface area contributed by atoms with Gasteiger partial charge in [0.25, 0.3) is 0 Å². The van der Waals surface area contributed by atoms with Gasteiger partial charge in [0.1, 0.15) is 11.9 Å². The molecule has 29 heavy (non-hydrogen) atoms. The van der Waals surface area contributed by atoms with Crippen LogP contribution in [-0.4, -0.2) is 58.8 Å². The Balaban J connectivity index is 1.38. The van der Waals surface area contributed by atoms with Gasteiger partial charge in [-0.3, -0.25) is 4.79 Å². The quantitative estimate of drug-likeness (QED) is 0.673. The number of hydrogen-bond acceptors (Lipinski definition) is 6. The number of thioether (sulfide) groups is 1. The summed E-state index contributed by atoms with van der Waals surface area (Å²) in [5.41, 5.74) is -0.408. The lowest BCUT2D eigenvalue weighted by atomic mass is 9.87. The summed E-state index contributed by atoms with van der Waals surface area (Å²) >= 11 is 1.61. The standard InChI is InChI=1S/C21H27FN4O2S/c1-24-20-8-17(25-10-19(27)26-13-29-11-18(26)9-23)6-15(20)7-21(28,12-20)14-2-4-16(22)5-3-14/h2-5,15,17-18,24-25,28H,6-8,10-13H2,1H3/t15-,17?,18+,20-,21?/m0/s1. The second-order valence-electron chi connectivity index (χ2n) is 8.55. The monoisotopic (exact) mass is 418 g/mol. The van der Waals surface area contributed by atoms with Crippen molar-refractivity contribution < 1.29 is 14.3 Å². The highest BCUT2D eigenvalue weighted by Crippen LogP contribution is 2.55. The zero-order valence-electron chi connectivity index (χ0n) is 16.5. The minimum atomic E-state index is -0.963. The molecule has 3 N–H and O–H groups in total. The molecule has 1 aromatic rings. The zero-order chi connectivity index (χ0) is 20.6. The molecule has 0 aromatic heterocycles. The van der Waals surface area contributed by atoms with Crippen LogP contribution in [0.2, 0.25) is 0 Å². The molecule has 1 aromatic carbocycles. The molecule has 3 aliphatic rings. The van der Waals surface area contributed by atoms with E-state index < -0.39 is 5.60 Å². The van der Waals surface area contributed by atoms with Crippen LogP contribution in [-0.2, 0) is 10.4 Å². The van der Waals surface area contributed by atoms with Crippen molar-refractivity contribution in [3.8, 4) is 6.07 Å². The van der Waals surface area contributed by atoms with Crippen LogP contribution in [0.4, 0.5) is 4.39 Å². The third kappa shape index (κ3) is 3.77. The lowest BCUT2D eigenvalue weighted by Crippen LogP contribution is -2.47. The van der Waals surface area contributed by atoms with E-state index in [1.165, 1.54) is 12.1 Å². The summed E-state index contributed by atoms with van der Waals surface area (Å²) in [7, 11) is 1.93. The van der Waals surface area contributed by atoms with Crippen molar-refractivity contribution in [2.45, 2.75) is 48.9 Å². The van der Waals surface area contributed by atoms with E-state index in [9.17, 15) is 14.3 Å². The van der Waals surface area contributed by atoms with Crippen LogP contribution in [0.1, 0.15) is 31.2 Å². The minimum absolute atomic E-state index is 0.0278. The van der Waals surface area contributed by atoms with Crippen LogP contribution in [0.3, 0.4) is 0 Å². The predicted octanol–water partition coefficient (Wildman–Crippen LogP) is 1.56. The van der Waals surface area contributed by atoms with Gasteiger partial charge in [0, 0.05) is 17.3 Å². The van der Waals surface area contributed by atoms with Crippen LogP contribution >= 0.6 is 11.8 Å². The number of hydrogen-bond donors (Lipinski definition) is 3. The number of fused-ring (bicyclic) bond motifs is 1. The summed E-state index contributed by atoms with van der Waals surface area (Å²) in [4.78, 5) is 14.1. The summed E-state index contributed by atoms with van der Waals surface area (Å²) in [6.07, 6.45) is 2.87. The molecule has 4 rings (SSSR count). The molecule has 1 amide bonds. The molecule has 8 heteroatoms. The maximum Gasteiger partial charge on any atom is 0.238 e. The zero-order valence-corrected chi connectivity index (χ0v) is 17.3. The number of nitriles is 1. The molecule has 5 atom stereocenters. The van der Waals surface area contributed by atoms with Crippen LogP contribution in [0, 0.1) is 23.1 Å². The van der Waals surface area contributed by atoms with Gasteiger partial charge in [-0.05, 0) is 56.3 Å². The summed E-state index contributed by atoms with van der Waals surface area (Å²) in [6.45, 7) is 0.234. The molecule has 2 aliphatic carbocycles. The van der Waals surface area contributed by atoms with Gasteiger partial charge in [-0.1, -0.05) is 12.1 Å². The van der Waals surface area contributed by atoms with E-state index in [4.69, 9.17) is 5.26 Å². The number of rotatable bonds is 5. The number of nitrogens with zero attached hydrogens (tertiary/aromatic N) is 2. The van der Waals surface area contributed by atoms with Crippen molar-refractivity contribution in [1.82, 2.24) is 15.5 Å². The lowest BCUT2D eigenvalue weighted by molar-refractivity contribution is -0.129. The molecule has 6 nitrogen and oxygen atoms in total. The van der Waals surface area contributed by atoms with Gasteiger partial charge >= 0.3 is 0 Å². The molecular weight excluding hydrogens is 391 g/mol. The van der Waals surface area contributed by atoms with Crippen LogP contribution < -0.4 is 10.6 Å². The number of carbonyl (C=O) groups excluding carboxylic acids is 1. The van der Waals surface area contributed by atoms with Crippen molar-refractivity contribution in [2.75, 3.05) is 25.2 Å². The first-order valence-corrected chi connectivity index (χ1v) is 11.2. The Kier molecular flexibility index (Phi) is 5.60. The fraction of sp³-hybridized carbons (Fsp3) is 0.619. The first kappa shape index (κ1) is 20.6. The van der Waals surface area contributed by atoms with Gasteiger partial charge in [-0.15, -0.1) is 11.8 Å². The molecular formula is C21H27FN4O2S. The van der Waals surface area contributed by atoms with E-state index in [-0.39, 0.29) is 41.8 Å². The molecule has 156 valence electrons. The SMILES string of the molecule is CN[C@]12CC(NCC(=O)N3CSC[C@H]3C#N)C[C@H]1CC(O)(c1ccc(F)cc1)C2. The average molecular weight is 419 g/mol. The van der Waals surface area contributed by atoms with E-state index in [0.717, 1.165) is 18.4 Å². The van der Waals surface area contributed by atoms with Crippen LogP contribution in [0.25, 0.3) is 0 Å². The third-order valence-corrected chi connectivity index (χ3v) is 7.94. The van der Waals surface area contributed by atoms with Crippen LogP contribution in [0.15, 0.2) is 24.3 Å². The fourth-order valence-corrected chi connectivity index (χ4v) is 6.52. The first-order chi connectivity index (χ1) is 13.9. The number of nitrogens with one attached hydrogen (secondary N) is 2. The maximum absolute atomic E-state index is 13.3. The Labute approximate surface area is 174 Å². The number of aliphatic hydroxyl groups is 1. The van der Waals surface area contributed by atoms with Crippen molar-refractivity contribution in [1.29, 1.82) is 5.26 Å². The molecule has 3 fully saturated rings. The second kappa shape index (κ2) is 7.88. The van der Waals surface area contributed by atoms with Crippen LogP contribution in [0.5, 0.6) is 0 Å². The van der Waals surface area contributed by atoms with Crippen molar-refractivity contribution >= 4 is 17.7 Å². The molecule has 1 saturated heterocycles. The largest absolute Gasteiger partial charge is 0.385 e. The summed E-state index contributed by atoms with van der Waals surface area (Å²) < 4.78 is 13.3. The molecule has 2 saturated carbocycles. The highest BCUT2D eigenvalue weighted by Gasteiger charge is 2.58. The van der Waals surface area contributed by atoms with Gasteiger partial charge in [0.15, 0.2) is 0 Å². The van der Waals surface area contributed by atoms with E-state index in [2.05, 4.69) is 16.7 Å². The van der Waals surface area contributed by atoms with Gasteiger partial charge in [-0.25, -0.2) is 4.39 Å². The molecule has 0 spiro atoms. The number of benzene rings is 1. The minimum Gasteiger partial charge on any atom is -0.385 e. The first-order valence-electron chi connectivity index (χ1n) is 10.1.